The fourth-order valence-electron chi connectivity index (χ4n) is 6.57. The summed E-state index contributed by atoms with van der Waals surface area (Å²) in [5, 5.41) is 12.0. The number of nitrogens with zero attached hydrogens (tertiary/aromatic N) is 6. The fourth-order valence-corrected chi connectivity index (χ4v) is 7.03. The second-order valence-corrected chi connectivity index (χ2v) is 16.2. The Labute approximate surface area is 327 Å². The zero-order valence-corrected chi connectivity index (χ0v) is 34.4. The monoisotopic (exact) mass is 776 g/mol. The number of rotatable bonds is 24. The van der Waals surface area contributed by atoms with Crippen molar-refractivity contribution in [3.05, 3.63) is 53.9 Å². The number of unbranched alkanes of at least 4 members (excludes halogenated alkanes) is 8. The van der Waals surface area contributed by atoms with Crippen LogP contribution in [0, 0.1) is 12.8 Å². The van der Waals surface area contributed by atoms with Crippen LogP contribution in [0.5, 0.6) is 0 Å². The number of ether oxygens (including phenoxy) is 1. The number of nitrogens with one attached hydrogen (secondary N) is 2. The average molecular weight is 777 g/mol. The molecule has 1 aromatic heterocycles. The number of amides is 1. The van der Waals surface area contributed by atoms with Gasteiger partial charge in [-0.25, -0.2) is 23.1 Å². The summed E-state index contributed by atoms with van der Waals surface area (Å²) < 4.78 is 31.0. The first-order valence-electron chi connectivity index (χ1n) is 19.9. The molecule has 14 heteroatoms. The van der Waals surface area contributed by atoms with Crippen molar-refractivity contribution in [1.82, 2.24) is 19.6 Å². The summed E-state index contributed by atoms with van der Waals surface area (Å²) in [6.07, 6.45) is 14.2. The molecule has 300 valence electrons. The zero-order valence-electron chi connectivity index (χ0n) is 33.6. The third-order valence-corrected chi connectivity index (χ3v) is 10.4. The van der Waals surface area contributed by atoms with Gasteiger partial charge in [-0.05, 0) is 81.6 Å². The Kier molecular flexibility index (Phi) is 17.0. The largest absolute Gasteiger partial charge is 0.455 e. The highest BCUT2D eigenvalue weighted by Gasteiger charge is 2.26. The van der Waals surface area contributed by atoms with Crippen LogP contribution in [0.4, 0.5) is 17.1 Å². The van der Waals surface area contributed by atoms with Crippen molar-refractivity contribution in [3.8, 4) is 11.4 Å². The van der Waals surface area contributed by atoms with E-state index in [1.54, 1.807) is 12.1 Å². The van der Waals surface area contributed by atoms with Crippen molar-refractivity contribution in [2.45, 2.75) is 112 Å². The summed E-state index contributed by atoms with van der Waals surface area (Å²) in [6, 6.07) is 13.1. The molecule has 13 nitrogen and oxygen atoms in total. The molecule has 0 saturated heterocycles. The number of likely N-dealkylation sites (N-methyl/N-ethyl adjacent to an activating group) is 1. The molecule has 1 atom stereocenters. The van der Waals surface area contributed by atoms with Gasteiger partial charge in [0.1, 0.15) is 5.71 Å². The van der Waals surface area contributed by atoms with Gasteiger partial charge in [0.2, 0.25) is 15.8 Å². The van der Waals surface area contributed by atoms with Crippen LogP contribution < -0.4 is 14.9 Å². The van der Waals surface area contributed by atoms with Gasteiger partial charge in [0.15, 0.2) is 12.4 Å². The topological polar surface area (TPSA) is 160 Å². The molecule has 0 spiro atoms. The summed E-state index contributed by atoms with van der Waals surface area (Å²) in [4.78, 5) is 39.0. The highest BCUT2D eigenvalue weighted by atomic mass is 32.2. The Balaban J connectivity index is 1.34. The van der Waals surface area contributed by atoms with Crippen LogP contribution in [-0.4, -0.2) is 79.1 Å². The summed E-state index contributed by atoms with van der Waals surface area (Å²) in [5.74, 6) is 0.169. The van der Waals surface area contributed by atoms with E-state index in [0.717, 1.165) is 86.7 Å². The van der Waals surface area contributed by atoms with Gasteiger partial charge in [0.25, 0.3) is 5.91 Å². The Hall–Kier alpha value is -4.43. The molecule has 2 N–H and O–H groups in total. The molecule has 1 unspecified atom stereocenters. The third kappa shape index (κ3) is 13.7. The van der Waals surface area contributed by atoms with Gasteiger partial charge in [-0.15, -0.1) is 9.89 Å². The predicted octanol–water partition coefficient (Wildman–Crippen LogP) is 7.81. The van der Waals surface area contributed by atoms with Gasteiger partial charge in [0, 0.05) is 36.6 Å². The zero-order chi connectivity index (χ0) is 39.8. The molecule has 1 aliphatic rings. The van der Waals surface area contributed by atoms with Gasteiger partial charge >= 0.3 is 5.97 Å². The SMILES string of the molecule is CCCCCCCCC(CCCCCC)C(=O)OCC(=O)Nc1ccc(-c2nc3n(n2)N=C(C)C3=Nc2ccc(N(CC)CCNS(C)(=O)=O)cc2C)cc1. The number of hydrogen-bond acceptors (Lipinski definition) is 10. The highest BCUT2D eigenvalue weighted by Crippen LogP contribution is 2.28. The van der Waals surface area contributed by atoms with Crippen molar-refractivity contribution in [2.24, 2.45) is 16.0 Å². The van der Waals surface area contributed by atoms with E-state index in [4.69, 9.17) is 14.7 Å². The molecule has 1 amide bonds. The maximum absolute atomic E-state index is 13.0. The van der Waals surface area contributed by atoms with Crippen molar-refractivity contribution < 1.29 is 22.7 Å². The van der Waals surface area contributed by atoms with Crippen LogP contribution in [0.25, 0.3) is 11.4 Å². The minimum Gasteiger partial charge on any atom is -0.455 e. The molecule has 2 heterocycles. The first-order valence-corrected chi connectivity index (χ1v) is 21.8. The minimum atomic E-state index is -3.25. The van der Waals surface area contributed by atoms with E-state index in [2.05, 4.69) is 39.0 Å². The number of anilines is 2. The molecule has 0 bridgehead atoms. The molecule has 4 rings (SSSR count). The lowest BCUT2D eigenvalue weighted by Gasteiger charge is -2.23. The number of aryl methyl sites for hydroxylation is 1. The normalized spacial score (nSPS) is 13.8. The van der Waals surface area contributed by atoms with E-state index in [1.165, 1.54) is 30.5 Å². The van der Waals surface area contributed by atoms with E-state index >= 15 is 0 Å². The number of esters is 1. The maximum Gasteiger partial charge on any atom is 0.309 e. The molecule has 55 heavy (non-hydrogen) atoms. The Morgan fingerprint density at radius 1 is 0.909 bits per heavy atom. The smallest absolute Gasteiger partial charge is 0.309 e. The van der Waals surface area contributed by atoms with Crippen LogP contribution in [0.2, 0.25) is 0 Å². The number of aromatic nitrogens is 3. The van der Waals surface area contributed by atoms with Gasteiger partial charge < -0.3 is 15.0 Å². The van der Waals surface area contributed by atoms with E-state index in [-0.39, 0.29) is 24.4 Å². The Morgan fingerprint density at radius 2 is 1.56 bits per heavy atom. The molecule has 1 aliphatic heterocycles. The van der Waals surface area contributed by atoms with Gasteiger partial charge in [-0.2, -0.15) is 5.10 Å². The Bertz CT molecular complexity index is 1890. The summed E-state index contributed by atoms with van der Waals surface area (Å²) in [5.41, 5.74) is 5.32. The van der Waals surface area contributed by atoms with Gasteiger partial charge in [-0.3, -0.25) is 9.59 Å². The second kappa shape index (κ2) is 21.6. The number of carbonyl (C=O) groups excluding carboxylic acids is 2. The molecule has 0 radical (unpaired) electrons. The number of fused-ring (bicyclic) bond motifs is 1. The number of benzene rings is 2. The number of carbonyl (C=O) groups is 2. The van der Waals surface area contributed by atoms with E-state index in [1.807, 2.05) is 51.1 Å². The summed E-state index contributed by atoms with van der Waals surface area (Å²) in [6.45, 7) is 11.5. The van der Waals surface area contributed by atoms with Crippen LogP contribution in [0.1, 0.15) is 116 Å². The van der Waals surface area contributed by atoms with Gasteiger partial charge in [-0.1, -0.05) is 78.1 Å². The molecule has 0 aliphatic carbocycles. The van der Waals surface area contributed by atoms with Crippen LogP contribution >= 0.6 is 0 Å². The quantitative estimate of drug-likeness (QED) is 0.0689. The number of hydrogen-bond donors (Lipinski definition) is 2. The highest BCUT2D eigenvalue weighted by molar-refractivity contribution is 7.88. The molecular weight excluding hydrogens is 717 g/mol. The summed E-state index contributed by atoms with van der Waals surface area (Å²) >= 11 is 0. The lowest BCUT2D eigenvalue weighted by Crippen LogP contribution is -2.34. The van der Waals surface area contributed by atoms with Gasteiger partial charge in [0.05, 0.1) is 23.6 Å². The molecule has 2 aromatic carbocycles. The van der Waals surface area contributed by atoms with Crippen LogP contribution in [0.15, 0.2) is 52.6 Å². The third-order valence-electron chi connectivity index (χ3n) is 9.71. The van der Waals surface area contributed by atoms with Crippen molar-refractivity contribution >= 4 is 50.4 Å². The maximum atomic E-state index is 13.0. The fraction of sp³-hybridized carbons (Fsp3) is 0.561. The lowest BCUT2D eigenvalue weighted by atomic mass is 9.94. The van der Waals surface area contributed by atoms with E-state index in [9.17, 15) is 18.0 Å². The van der Waals surface area contributed by atoms with E-state index < -0.39 is 10.0 Å². The molecule has 0 saturated carbocycles. The lowest BCUT2D eigenvalue weighted by molar-refractivity contribution is -0.152. The van der Waals surface area contributed by atoms with Crippen LogP contribution in [-0.2, 0) is 24.3 Å². The number of sulfonamides is 1. The van der Waals surface area contributed by atoms with Crippen molar-refractivity contribution in [3.63, 3.8) is 0 Å². The average Bonchev–Trinajstić information content (AvgIpc) is 3.69. The predicted molar refractivity (Wildman–Crippen MR) is 222 cm³/mol. The van der Waals surface area contributed by atoms with Crippen molar-refractivity contribution in [2.75, 3.05) is 42.7 Å². The minimum absolute atomic E-state index is 0.163. The summed E-state index contributed by atoms with van der Waals surface area (Å²) in [7, 11) is -3.25. The number of aliphatic imine (C=N–C) groups is 1. The van der Waals surface area contributed by atoms with E-state index in [0.29, 0.717) is 41.8 Å². The Morgan fingerprint density at radius 3 is 2.20 bits per heavy atom. The van der Waals surface area contributed by atoms with Crippen molar-refractivity contribution in [1.29, 1.82) is 0 Å². The first-order chi connectivity index (χ1) is 26.4. The van der Waals surface area contributed by atoms with Crippen LogP contribution in [0.3, 0.4) is 0 Å². The molecule has 3 aromatic rings. The molecule has 0 fully saturated rings. The standard InChI is InChI=1S/C41H60N8O5S/c1-7-10-12-14-15-17-19-33(18-16-13-11-8-2)41(51)54-29-37(50)43-34-22-20-32(21-23-34)39-45-40-38(31(5)46-49(40)47-39)44-36-25-24-35(28-30(36)4)48(9-3)27-26-42-55(6,52)53/h20-25,28,33,42H,7-19,26-27,29H2,1-6H3,(H,43,50). The first kappa shape index (κ1) is 43.3. The second-order valence-electron chi connectivity index (χ2n) is 14.3. The molecular formula is C41H60N8O5S.